The summed E-state index contributed by atoms with van der Waals surface area (Å²) in [7, 11) is -1.32. The summed E-state index contributed by atoms with van der Waals surface area (Å²) < 4.78 is 33.0. The topological polar surface area (TPSA) is 102 Å². The van der Waals surface area contributed by atoms with E-state index in [0.29, 0.717) is 52.0 Å². The Morgan fingerprint density at radius 2 is 1.65 bits per heavy atom. The zero-order valence-electron chi connectivity index (χ0n) is 25.2. The number of hydrogen-bond donors (Lipinski definition) is 1. The van der Waals surface area contributed by atoms with Crippen molar-refractivity contribution in [1.29, 1.82) is 0 Å². The zero-order chi connectivity index (χ0) is 30.2. The number of nitrogens with zero attached hydrogens (tertiary/aromatic N) is 4. The summed E-state index contributed by atoms with van der Waals surface area (Å²) in [6.45, 7) is 4.10. The molecule has 232 valence electrons. The van der Waals surface area contributed by atoms with E-state index in [2.05, 4.69) is 17.3 Å². The van der Waals surface area contributed by atoms with Gasteiger partial charge >= 0.3 is 6.03 Å². The molecule has 2 aromatic rings. The fraction of sp³-hybridized carbons (Fsp3) is 0.562. The molecule has 2 atom stereocenters. The van der Waals surface area contributed by atoms with E-state index in [9.17, 15) is 18.0 Å². The average Bonchev–Trinajstić information content (AvgIpc) is 3.58. The Bertz CT molecular complexity index is 1420. The van der Waals surface area contributed by atoms with Crippen molar-refractivity contribution in [3.63, 3.8) is 0 Å². The van der Waals surface area contributed by atoms with E-state index < -0.39 is 16.1 Å². The van der Waals surface area contributed by atoms with Crippen molar-refractivity contribution >= 4 is 27.6 Å². The van der Waals surface area contributed by atoms with Crippen molar-refractivity contribution in [2.75, 3.05) is 56.9 Å². The molecule has 0 aliphatic carbocycles. The third kappa shape index (κ3) is 6.25. The van der Waals surface area contributed by atoms with Crippen LogP contribution in [0.25, 0.3) is 0 Å². The van der Waals surface area contributed by atoms with E-state index in [1.165, 1.54) is 10.6 Å². The number of carbonyl (C=O) groups is 2. The Balaban J connectivity index is 1.15. The summed E-state index contributed by atoms with van der Waals surface area (Å²) in [6.07, 6.45) is 4.60. The largest absolute Gasteiger partial charge is 0.372 e. The summed E-state index contributed by atoms with van der Waals surface area (Å²) >= 11 is 0. The van der Waals surface area contributed by atoms with Crippen molar-refractivity contribution in [3.8, 4) is 0 Å². The number of piperidine rings is 2. The lowest BCUT2D eigenvalue weighted by Gasteiger charge is -2.41. The van der Waals surface area contributed by atoms with Crippen molar-refractivity contribution in [3.05, 3.63) is 65.7 Å². The maximum Gasteiger partial charge on any atom is 0.318 e. The number of nitrogens with one attached hydrogen (secondary N) is 1. The van der Waals surface area contributed by atoms with Crippen LogP contribution in [0.2, 0.25) is 0 Å². The summed E-state index contributed by atoms with van der Waals surface area (Å²) in [6, 6.07) is 17.0. The van der Waals surface area contributed by atoms with Gasteiger partial charge in [0.25, 0.3) is 0 Å². The first-order chi connectivity index (χ1) is 20.6. The molecule has 3 fully saturated rings. The molecular weight excluding hydrogens is 566 g/mol. The third-order valence-electron chi connectivity index (χ3n) is 9.81. The molecule has 0 bridgehead atoms. The van der Waals surface area contributed by atoms with Crippen LogP contribution in [0.5, 0.6) is 0 Å². The molecule has 4 aliphatic heterocycles. The SMILES string of the molecule is CN1CCC(NC(=O)N2C[C@H](OCc3ccccc3)CC2C(=O)N2CCC3(CC2)CN(S(C)(=O)=O)c2ccccc23)CC1. The molecule has 0 radical (unpaired) electrons. The first-order valence-electron chi connectivity index (χ1n) is 15.4. The van der Waals surface area contributed by atoms with Gasteiger partial charge < -0.3 is 24.8 Å². The number of para-hydroxylation sites is 1. The molecule has 1 spiro atoms. The molecule has 11 heteroatoms. The van der Waals surface area contributed by atoms with Crippen LogP contribution in [0.1, 0.15) is 43.2 Å². The Kier molecular flexibility index (Phi) is 8.41. The summed E-state index contributed by atoms with van der Waals surface area (Å²) in [5.74, 6) is -0.0505. The number of hydrogen-bond acceptors (Lipinski definition) is 6. The van der Waals surface area contributed by atoms with Gasteiger partial charge in [-0.3, -0.25) is 9.10 Å². The Morgan fingerprint density at radius 1 is 0.977 bits per heavy atom. The Labute approximate surface area is 255 Å². The number of likely N-dealkylation sites (tertiary alicyclic amines) is 3. The number of rotatable bonds is 6. The van der Waals surface area contributed by atoms with Crippen molar-refractivity contribution in [2.45, 2.75) is 62.3 Å². The lowest BCUT2D eigenvalue weighted by atomic mass is 9.74. The second-order valence-corrected chi connectivity index (χ2v) is 14.6. The van der Waals surface area contributed by atoms with Gasteiger partial charge in [-0.15, -0.1) is 0 Å². The van der Waals surface area contributed by atoms with Crippen LogP contribution in [-0.4, -0.2) is 106 Å². The predicted molar refractivity (Wildman–Crippen MR) is 165 cm³/mol. The number of carbonyl (C=O) groups excluding carboxylic acids is 2. The monoisotopic (exact) mass is 609 g/mol. The zero-order valence-corrected chi connectivity index (χ0v) is 26.0. The van der Waals surface area contributed by atoms with Crippen LogP contribution in [0.15, 0.2) is 54.6 Å². The van der Waals surface area contributed by atoms with Crippen molar-refractivity contribution in [2.24, 2.45) is 0 Å². The van der Waals surface area contributed by atoms with E-state index in [1.807, 2.05) is 59.5 Å². The molecule has 4 heterocycles. The molecule has 1 N–H and O–H groups in total. The first-order valence-corrected chi connectivity index (χ1v) is 17.2. The number of benzene rings is 2. The van der Waals surface area contributed by atoms with Crippen LogP contribution < -0.4 is 9.62 Å². The van der Waals surface area contributed by atoms with Crippen LogP contribution in [0.3, 0.4) is 0 Å². The highest BCUT2D eigenvalue weighted by Gasteiger charge is 2.49. The van der Waals surface area contributed by atoms with Gasteiger partial charge in [0, 0.05) is 44.1 Å². The average molecular weight is 610 g/mol. The molecule has 10 nitrogen and oxygen atoms in total. The third-order valence-corrected chi connectivity index (χ3v) is 10.9. The van der Waals surface area contributed by atoms with Crippen molar-refractivity contribution < 1.29 is 22.7 Å². The van der Waals surface area contributed by atoms with Crippen LogP contribution in [0, 0.1) is 0 Å². The molecule has 3 amide bonds. The van der Waals surface area contributed by atoms with Crippen molar-refractivity contribution in [1.82, 2.24) is 20.0 Å². The smallest absolute Gasteiger partial charge is 0.318 e. The maximum absolute atomic E-state index is 14.1. The van der Waals surface area contributed by atoms with E-state index in [4.69, 9.17) is 4.74 Å². The highest BCUT2D eigenvalue weighted by Crippen LogP contribution is 2.48. The number of ether oxygens (including phenoxy) is 1. The molecule has 6 rings (SSSR count). The van der Waals surface area contributed by atoms with Gasteiger partial charge in [0.2, 0.25) is 15.9 Å². The molecule has 0 aromatic heterocycles. The molecule has 3 saturated heterocycles. The summed E-state index contributed by atoms with van der Waals surface area (Å²) in [5.41, 5.74) is 2.53. The minimum atomic E-state index is -3.41. The number of amides is 3. The van der Waals surface area contributed by atoms with Gasteiger partial charge in [-0.05, 0) is 63.0 Å². The highest BCUT2D eigenvalue weighted by molar-refractivity contribution is 7.92. The quantitative estimate of drug-likeness (QED) is 0.541. The normalized spacial score (nSPS) is 24.4. The molecule has 43 heavy (non-hydrogen) atoms. The van der Waals surface area contributed by atoms with Gasteiger partial charge in [-0.2, -0.15) is 0 Å². The maximum atomic E-state index is 14.1. The molecule has 4 aliphatic rings. The lowest BCUT2D eigenvalue weighted by molar-refractivity contribution is -0.136. The van der Waals surface area contributed by atoms with Gasteiger partial charge in [-0.1, -0.05) is 48.5 Å². The number of urea groups is 1. The number of sulfonamides is 1. The van der Waals surface area contributed by atoms with E-state index in [-0.39, 0.29) is 29.5 Å². The van der Waals surface area contributed by atoms with E-state index in [0.717, 1.165) is 42.7 Å². The second kappa shape index (κ2) is 12.1. The van der Waals surface area contributed by atoms with Gasteiger partial charge in [-0.25, -0.2) is 13.2 Å². The fourth-order valence-electron chi connectivity index (χ4n) is 7.25. The minimum absolute atomic E-state index is 0.0505. The number of fused-ring (bicyclic) bond motifs is 2. The molecule has 0 saturated carbocycles. The fourth-order valence-corrected chi connectivity index (χ4v) is 8.25. The van der Waals surface area contributed by atoms with Gasteiger partial charge in [0.1, 0.15) is 6.04 Å². The van der Waals surface area contributed by atoms with Crippen LogP contribution in [-0.2, 0) is 31.6 Å². The number of anilines is 1. The van der Waals surface area contributed by atoms with Gasteiger partial charge in [0.05, 0.1) is 24.7 Å². The van der Waals surface area contributed by atoms with E-state index >= 15 is 0 Å². The minimum Gasteiger partial charge on any atom is -0.372 e. The molecule has 1 unspecified atom stereocenters. The van der Waals surface area contributed by atoms with Gasteiger partial charge in [0.15, 0.2) is 0 Å². The summed E-state index contributed by atoms with van der Waals surface area (Å²) in [4.78, 5) is 33.5. The highest BCUT2D eigenvalue weighted by atomic mass is 32.2. The Hall–Kier alpha value is -3.15. The lowest BCUT2D eigenvalue weighted by Crippen LogP contribution is -2.56. The first kappa shape index (κ1) is 29.9. The second-order valence-electron chi connectivity index (χ2n) is 12.7. The standard InChI is InChI=1S/C32H43N5O5S/c1-34-16-12-25(13-17-34)33-31(39)36-21-26(42-22-24-8-4-3-5-9-24)20-29(36)30(38)35-18-14-32(15-19-35)23-37(43(2,40)41)28-11-7-6-10-27(28)32/h3-11,25-26,29H,12-23H2,1-2H3,(H,33,39)/t26-,29?/m1/s1. The van der Waals surface area contributed by atoms with Crippen LogP contribution in [0.4, 0.5) is 10.5 Å². The molecule has 2 aromatic carbocycles. The molecular formula is C32H43N5O5S. The summed E-state index contributed by atoms with van der Waals surface area (Å²) in [5, 5.41) is 3.20. The van der Waals surface area contributed by atoms with E-state index in [1.54, 1.807) is 4.90 Å². The van der Waals surface area contributed by atoms with Crippen LogP contribution >= 0.6 is 0 Å². The predicted octanol–water partition coefficient (Wildman–Crippen LogP) is 2.79. The Morgan fingerprint density at radius 3 is 2.35 bits per heavy atom.